The van der Waals surface area contributed by atoms with Crippen LogP contribution < -0.4 is 0 Å². The minimum Gasteiger partial charge on any atom is -0.324 e. The van der Waals surface area contributed by atoms with Crippen LogP contribution >= 0.6 is 7.37 Å². The quantitative estimate of drug-likeness (QED) is 0.446. The first-order valence-electron chi connectivity index (χ1n) is 3.80. The minimum atomic E-state index is -2.33. The van der Waals surface area contributed by atoms with Gasteiger partial charge >= 0.3 is 0 Å². The fourth-order valence-electron chi connectivity index (χ4n) is 1.40. The first kappa shape index (κ1) is 8.84. The molecule has 2 nitrogen and oxygen atoms in total. The highest BCUT2D eigenvalue weighted by atomic mass is 31.2. The van der Waals surface area contributed by atoms with Crippen molar-refractivity contribution in [1.29, 1.82) is 0 Å². The van der Waals surface area contributed by atoms with Crippen LogP contribution in [0.25, 0.3) is 0 Å². The summed E-state index contributed by atoms with van der Waals surface area (Å²) in [5.41, 5.74) is 0. The Kier molecular flexibility index (Phi) is 2.42. The summed E-state index contributed by atoms with van der Waals surface area (Å²) < 4.78 is 16.7. The van der Waals surface area contributed by atoms with E-state index in [4.69, 9.17) is 10.9 Å². The number of hydrogen-bond donors (Lipinski definition) is 0. The van der Waals surface area contributed by atoms with Gasteiger partial charge in [0.2, 0.25) is 7.37 Å². The monoisotopic (exact) mass is 172 g/mol. The fourth-order valence-corrected chi connectivity index (χ4v) is 3.41. The molecule has 0 aromatic rings. The molecule has 0 aliphatic carbocycles. The van der Waals surface area contributed by atoms with Crippen LogP contribution in [0, 0.1) is 18.3 Å². The second-order valence-corrected chi connectivity index (χ2v) is 5.63. The first-order chi connectivity index (χ1) is 5.09. The maximum atomic E-state index is 11.4. The fraction of sp³-hybridized carbons (Fsp3) is 0.750. The molecule has 3 atom stereocenters. The second-order valence-electron chi connectivity index (χ2n) is 3.02. The summed E-state index contributed by atoms with van der Waals surface area (Å²) in [6, 6.07) is 0. The van der Waals surface area contributed by atoms with Gasteiger partial charge in [0.15, 0.2) is 0 Å². The van der Waals surface area contributed by atoms with Crippen molar-refractivity contribution in [3.05, 3.63) is 0 Å². The highest BCUT2D eigenvalue weighted by Crippen LogP contribution is 2.53. The molecule has 0 amide bonds. The highest BCUT2D eigenvalue weighted by molar-refractivity contribution is 7.58. The first-order valence-corrected chi connectivity index (χ1v) is 6.06. The molecular formula is C8H13O2P. The van der Waals surface area contributed by atoms with Crippen LogP contribution in [0.4, 0.5) is 0 Å². The van der Waals surface area contributed by atoms with Crippen LogP contribution in [-0.4, -0.2) is 18.9 Å². The Labute approximate surface area is 67.8 Å². The van der Waals surface area contributed by atoms with Crippen molar-refractivity contribution in [3.63, 3.8) is 0 Å². The van der Waals surface area contributed by atoms with E-state index in [0.717, 1.165) is 6.42 Å². The summed E-state index contributed by atoms with van der Waals surface area (Å²) in [6.45, 7) is 3.66. The molecule has 1 aliphatic rings. The van der Waals surface area contributed by atoms with Crippen molar-refractivity contribution in [1.82, 2.24) is 0 Å². The molecule has 3 unspecified atom stereocenters. The van der Waals surface area contributed by atoms with Gasteiger partial charge in [0.1, 0.15) is 0 Å². The van der Waals surface area contributed by atoms with Crippen LogP contribution in [0.5, 0.6) is 0 Å². The van der Waals surface area contributed by atoms with E-state index in [0.29, 0.717) is 6.16 Å². The predicted molar refractivity (Wildman–Crippen MR) is 45.9 cm³/mol. The molecule has 0 bridgehead atoms. The number of rotatable bonds is 1. The number of terminal acetylenes is 1. The molecule has 1 fully saturated rings. The Morgan fingerprint density at radius 3 is 2.82 bits per heavy atom. The molecule has 1 saturated heterocycles. The Bertz CT molecular complexity index is 229. The summed E-state index contributed by atoms with van der Waals surface area (Å²) >= 11 is 0. The molecule has 1 heterocycles. The van der Waals surface area contributed by atoms with Gasteiger partial charge in [0.05, 0.1) is 12.0 Å². The molecule has 3 heteroatoms. The summed E-state index contributed by atoms with van der Waals surface area (Å²) in [7, 11) is -2.33. The van der Waals surface area contributed by atoms with Gasteiger partial charge in [0.25, 0.3) is 0 Å². The predicted octanol–water partition coefficient (Wildman–Crippen LogP) is 1.95. The van der Waals surface area contributed by atoms with Crippen LogP contribution in [0.3, 0.4) is 0 Å². The van der Waals surface area contributed by atoms with E-state index in [1.165, 1.54) is 0 Å². The van der Waals surface area contributed by atoms with Gasteiger partial charge in [-0.15, -0.1) is 12.3 Å². The average Bonchev–Trinajstić information content (AvgIpc) is 2.25. The van der Waals surface area contributed by atoms with Crippen molar-refractivity contribution >= 4 is 7.37 Å². The third kappa shape index (κ3) is 1.86. The zero-order chi connectivity index (χ0) is 8.48. The van der Waals surface area contributed by atoms with E-state index in [1.54, 1.807) is 6.66 Å². The molecule has 0 radical (unpaired) electrons. The molecule has 0 saturated carbocycles. The summed E-state index contributed by atoms with van der Waals surface area (Å²) in [5, 5.41) is 0. The standard InChI is InChI=1S/C8H13O2P/c1-4-7-6-11(3,9)10-8(7)5-2/h1,7-8H,5-6H2,2-3H3. The van der Waals surface area contributed by atoms with Crippen molar-refractivity contribution in [2.75, 3.05) is 12.8 Å². The maximum Gasteiger partial charge on any atom is 0.201 e. The summed E-state index contributed by atoms with van der Waals surface area (Å²) in [5.74, 6) is 2.69. The lowest BCUT2D eigenvalue weighted by molar-refractivity contribution is 0.205. The molecule has 62 valence electrons. The maximum absolute atomic E-state index is 11.4. The third-order valence-electron chi connectivity index (χ3n) is 1.95. The SMILES string of the molecule is C#CC1CP(C)(=O)OC1CC. The van der Waals surface area contributed by atoms with Crippen molar-refractivity contribution in [3.8, 4) is 12.3 Å². The van der Waals surface area contributed by atoms with Crippen LogP contribution in [0.1, 0.15) is 13.3 Å². The van der Waals surface area contributed by atoms with Crippen LogP contribution in [0.2, 0.25) is 0 Å². The summed E-state index contributed by atoms with van der Waals surface area (Å²) in [6.07, 6.45) is 6.71. The zero-order valence-corrected chi connectivity index (χ0v) is 7.80. The Morgan fingerprint density at radius 1 is 1.82 bits per heavy atom. The smallest absolute Gasteiger partial charge is 0.201 e. The molecule has 11 heavy (non-hydrogen) atoms. The molecule has 0 aromatic carbocycles. The van der Waals surface area contributed by atoms with E-state index in [-0.39, 0.29) is 12.0 Å². The van der Waals surface area contributed by atoms with Gasteiger partial charge in [-0.2, -0.15) is 0 Å². The lowest BCUT2D eigenvalue weighted by Crippen LogP contribution is -2.13. The van der Waals surface area contributed by atoms with E-state index in [2.05, 4.69) is 5.92 Å². The Balaban J connectivity index is 2.72. The molecule has 1 rings (SSSR count). The topological polar surface area (TPSA) is 26.3 Å². The van der Waals surface area contributed by atoms with E-state index in [9.17, 15) is 4.57 Å². The minimum absolute atomic E-state index is 0.0239. The zero-order valence-electron chi connectivity index (χ0n) is 6.91. The van der Waals surface area contributed by atoms with Gasteiger partial charge in [-0.25, -0.2) is 0 Å². The van der Waals surface area contributed by atoms with Gasteiger partial charge in [-0.05, 0) is 6.42 Å². The highest BCUT2D eigenvalue weighted by Gasteiger charge is 2.37. The Morgan fingerprint density at radius 2 is 2.45 bits per heavy atom. The third-order valence-corrected chi connectivity index (χ3v) is 3.73. The molecular weight excluding hydrogens is 159 g/mol. The van der Waals surface area contributed by atoms with E-state index in [1.807, 2.05) is 6.92 Å². The Hall–Kier alpha value is -0.250. The van der Waals surface area contributed by atoms with Crippen molar-refractivity contribution in [2.45, 2.75) is 19.4 Å². The normalized spacial score (nSPS) is 43.7. The van der Waals surface area contributed by atoms with Crippen molar-refractivity contribution in [2.24, 2.45) is 5.92 Å². The van der Waals surface area contributed by atoms with Gasteiger partial charge in [0, 0.05) is 12.8 Å². The van der Waals surface area contributed by atoms with Crippen LogP contribution in [0.15, 0.2) is 0 Å². The molecule has 0 spiro atoms. The lowest BCUT2D eigenvalue weighted by atomic mass is 10.0. The molecule has 0 aromatic heterocycles. The molecule has 0 N–H and O–H groups in total. The van der Waals surface area contributed by atoms with Crippen molar-refractivity contribution < 1.29 is 9.09 Å². The largest absolute Gasteiger partial charge is 0.324 e. The van der Waals surface area contributed by atoms with Gasteiger partial charge < -0.3 is 4.52 Å². The van der Waals surface area contributed by atoms with E-state index < -0.39 is 7.37 Å². The molecule has 1 aliphatic heterocycles. The summed E-state index contributed by atoms with van der Waals surface area (Å²) in [4.78, 5) is 0. The second kappa shape index (κ2) is 3.01. The average molecular weight is 172 g/mol. The number of hydrogen-bond acceptors (Lipinski definition) is 2. The van der Waals surface area contributed by atoms with Crippen LogP contribution in [-0.2, 0) is 9.09 Å². The van der Waals surface area contributed by atoms with Gasteiger partial charge in [-0.3, -0.25) is 4.57 Å². The lowest BCUT2D eigenvalue weighted by Gasteiger charge is -2.09. The van der Waals surface area contributed by atoms with E-state index >= 15 is 0 Å². The van der Waals surface area contributed by atoms with Gasteiger partial charge in [-0.1, -0.05) is 6.92 Å².